The lowest BCUT2D eigenvalue weighted by atomic mass is 10.1. The Morgan fingerprint density at radius 3 is 2.64 bits per heavy atom. The molecule has 128 valence electrons. The molecule has 0 spiro atoms. The Kier molecular flexibility index (Phi) is 5.28. The highest BCUT2D eigenvalue weighted by atomic mass is 79.9. The Bertz CT molecular complexity index is 863. The molecule has 0 saturated carbocycles. The lowest BCUT2D eigenvalue weighted by Gasteiger charge is -2.21. The largest absolute Gasteiger partial charge is 0.334 e. The summed E-state index contributed by atoms with van der Waals surface area (Å²) < 4.78 is 16.5. The van der Waals surface area contributed by atoms with Gasteiger partial charge in [-0.3, -0.25) is 4.79 Å². The molecule has 0 fully saturated rings. The van der Waals surface area contributed by atoms with Gasteiger partial charge in [0.25, 0.3) is 5.91 Å². The first-order valence-corrected chi connectivity index (χ1v) is 8.71. The van der Waals surface area contributed by atoms with Crippen molar-refractivity contribution in [2.24, 2.45) is 0 Å². The number of amides is 1. The van der Waals surface area contributed by atoms with E-state index in [0.717, 1.165) is 10.2 Å². The van der Waals surface area contributed by atoms with E-state index in [9.17, 15) is 9.18 Å². The number of hydrogen-bond acceptors (Lipinski definition) is 2. The first-order chi connectivity index (χ1) is 12.1. The van der Waals surface area contributed by atoms with E-state index in [1.165, 1.54) is 6.07 Å². The molecule has 25 heavy (non-hydrogen) atoms. The van der Waals surface area contributed by atoms with Gasteiger partial charge in [-0.15, -0.1) is 0 Å². The van der Waals surface area contributed by atoms with Crippen LogP contribution in [0.1, 0.15) is 22.8 Å². The topological polar surface area (TPSA) is 38.1 Å². The third-order valence-corrected chi connectivity index (χ3v) is 4.41. The fourth-order valence-corrected chi connectivity index (χ4v) is 2.97. The second kappa shape index (κ2) is 7.61. The van der Waals surface area contributed by atoms with E-state index in [0.29, 0.717) is 17.7 Å². The molecular weight excluding hydrogens is 385 g/mol. The molecular formula is C19H17BrFN3O. The molecule has 4 nitrogen and oxygen atoms in total. The summed E-state index contributed by atoms with van der Waals surface area (Å²) >= 11 is 3.34. The van der Waals surface area contributed by atoms with Gasteiger partial charge in [0.05, 0.1) is 5.69 Å². The van der Waals surface area contributed by atoms with Crippen molar-refractivity contribution in [3.05, 3.63) is 82.3 Å². The molecule has 0 saturated heterocycles. The number of halogens is 2. The SMILES string of the molecule is CCN(Cc1cc(Br)ccc1F)C(=O)c1ccc(-n2cccn2)cc1. The van der Waals surface area contributed by atoms with Crippen molar-refractivity contribution in [2.75, 3.05) is 6.54 Å². The Balaban J connectivity index is 1.79. The van der Waals surface area contributed by atoms with Crippen molar-refractivity contribution in [2.45, 2.75) is 13.5 Å². The van der Waals surface area contributed by atoms with Gasteiger partial charge in [0.15, 0.2) is 0 Å². The fourth-order valence-electron chi connectivity index (χ4n) is 2.56. The molecule has 1 amide bonds. The van der Waals surface area contributed by atoms with Gasteiger partial charge in [0.1, 0.15) is 5.82 Å². The van der Waals surface area contributed by atoms with Gasteiger partial charge in [0.2, 0.25) is 0 Å². The van der Waals surface area contributed by atoms with Crippen LogP contribution in [0.15, 0.2) is 65.4 Å². The zero-order chi connectivity index (χ0) is 17.8. The van der Waals surface area contributed by atoms with E-state index in [1.807, 2.05) is 31.3 Å². The number of benzene rings is 2. The van der Waals surface area contributed by atoms with E-state index < -0.39 is 0 Å². The molecule has 0 aliphatic heterocycles. The van der Waals surface area contributed by atoms with E-state index >= 15 is 0 Å². The summed E-state index contributed by atoms with van der Waals surface area (Å²) in [5.41, 5.74) is 1.92. The summed E-state index contributed by atoms with van der Waals surface area (Å²) in [6.07, 6.45) is 3.54. The molecule has 1 aromatic heterocycles. The molecule has 6 heteroatoms. The average molecular weight is 402 g/mol. The van der Waals surface area contributed by atoms with Crippen LogP contribution in [0.5, 0.6) is 0 Å². The first kappa shape index (κ1) is 17.4. The maximum atomic E-state index is 14.0. The lowest BCUT2D eigenvalue weighted by Crippen LogP contribution is -2.30. The quantitative estimate of drug-likeness (QED) is 0.633. The monoisotopic (exact) mass is 401 g/mol. The van der Waals surface area contributed by atoms with Crippen LogP contribution >= 0.6 is 15.9 Å². The minimum absolute atomic E-state index is 0.131. The van der Waals surface area contributed by atoms with Crippen LogP contribution in [-0.4, -0.2) is 27.1 Å². The molecule has 0 aliphatic carbocycles. The maximum absolute atomic E-state index is 14.0. The highest BCUT2D eigenvalue weighted by Crippen LogP contribution is 2.19. The number of hydrogen-bond donors (Lipinski definition) is 0. The number of carbonyl (C=O) groups excluding carboxylic acids is 1. The average Bonchev–Trinajstić information content (AvgIpc) is 3.16. The molecule has 3 rings (SSSR count). The summed E-state index contributed by atoms with van der Waals surface area (Å²) in [6, 6.07) is 13.8. The Hall–Kier alpha value is -2.47. The molecule has 0 unspecified atom stereocenters. The summed E-state index contributed by atoms with van der Waals surface area (Å²) in [5, 5.41) is 4.16. The van der Waals surface area contributed by atoms with Crippen LogP contribution in [0, 0.1) is 5.82 Å². The van der Waals surface area contributed by atoms with Gasteiger partial charge in [-0.25, -0.2) is 9.07 Å². The van der Waals surface area contributed by atoms with Crippen molar-refractivity contribution in [1.29, 1.82) is 0 Å². The first-order valence-electron chi connectivity index (χ1n) is 7.91. The number of nitrogens with zero attached hydrogens (tertiary/aromatic N) is 3. The Morgan fingerprint density at radius 1 is 1.24 bits per heavy atom. The lowest BCUT2D eigenvalue weighted by molar-refractivity contribution is 0.0751. The zero-order valence-corrected chi connectivity index (χ0v) is 15.3. The Labute approximate surface area is 154 Å². The highest BCUT2D eigenvalue weighted by molar-refractivity contribution is 9.10. The van der Waals surface area contributed by atoms with Crippen molar-refractivity contribution in [1.82, 2.24) is 14.7 Å². The van der Waals surface area contributed by atoms with Gasteiger partial charge in [-0.05, 0) is 55.5 Å². The van der Waals surface area contributed by atoms with Crippen LogP contribution in [-0.2, 0) is 6.54 Å². The summed E-state index contributed by atoms with van der Waals surface area (Å²) in [6.45, 7) is 2.60. The predicted octanol–water partition coefficient (Wildman–Crippen LogP) is 4.44. The van der Waals surface area contributed by atoms with Gasteiger partial charge in [-0.2, -0.15) is 5.10 Å². The van der Waals surface area contributed by atoms with Crippen LogP contribution < -0.4 is 0 Å². The van der Waals surface area contributed by atoms with Crippen molar-refractivity contribution >= 4 is 21.8 Å². The van der Waals surface area contributed by atoms with Crippen LogP contribution in [0.2, 0.25) is 0 Å². The number of aromatic nitrogens is 2. The minimum atomic E-state index is -0.316. The van der Waals surface area contributed by atoms with E-state index in [2.05, 4.69) is 21.0 Å². The van der Waals surface area contributed by atoms with Gasteiger partial charge in [-0.1, -0.05) is 15.9 Å². The maximum Gasteiger partial charge on any atom is 0.254 e. The normalized spacial score (nSPS) is 10.7. The molecule has 2 aromatic carbocycles. The van der Waals surface area contributed by atoms with Gasteiger partial charge in [0, 0.05) is 41.1 Å². The summed E-state index contributed by atoms with van der Waals surface area (Å²) in [4.78, 5) is 14.4. The van der Waals surface area contributed by atoms with Crippen molar-refractivity contribution in [3.8, 4) is 5.69 Å². The van der Waals surface area contributed by atoms with Crippen LogP contribution in [0.4, 0.5) is 4.39 Å². The molecule has 0 N–H and O–H groups in total. The third kappa shape index (κ3) is 3.96. The summed E-state index contributed by atoms with van der Waals surface area (Å²) in [5.74, 6) is -0.447. The standard InChI is InChI=1S/C19H17BrFN3O/c1-2-23(13-15-12-16(20)6-9-18(15)21)19(25)14-4-7-17(8-5-14)24-11-3-10-22-24/h3-12H,2,13H2,1H3. The molecule has 0 radical (unpaired) electrons. The van der Waals surface area contributed by atoms with Crippen LogP contribution in [0.25, 0.3) is 5.69 Å². The van der Waals surface area contributed by atoms with Gasteiger partial charge < -0.3 is 4.90 Å². The molecule has 0 aliphatic rings. The zero-order valence-electron chi connectivity index (χ0n) is 13.7. The molecule has 0 bridgehead atoms. The minimum Gasteiger partial charge on any atom is -0.334 e. The van der Waals surface area contributed by atoms with Crippen molar-refractivity contribution < 1.29 is 9.18 Å². The second-order valence-corrected chi connectivity index (χ2v) is 6.47. The number of rotatable bonds is 5. The third-order valence-electron chi connectivity index (χ3n) is 3.92. The van der Waals surface area contributed by atoms with E-state index in [4.69, 9.17) is 0 Å². The van der Waals surface area contributed by atoms with Crippen LogP contribution in [0.3, 0.4) is 0 Å². The summed E-state index contributed by atoms with van der Waals surface area (Å²) in [7, 11) is 0. The smallest absolute Gasteiger partial charge is 0.254 e. The van der Waals surface area contributed by atoms with Crippen molar-refractivity contribution in [3.63, 3.8) is 0 Å². The Morgan fingerprint density at radius 2 is 2.00 bits per heavy atom. The number of carbonyl (C=O) groups is 1. The fraction of sp³-hybridized carbons (Fsp3) is 0.158. The molecule has 0 atom stereocenters. The van der Waals surface area contributed by atoms with Gasteiger partial charge >= 0.3 is 0 Å². The van der Waals surface area contributed by atoms with E-state index in [1.54, 1.807) is 40.0 Å². The highest BCUT2D eigenvalue weighted by Gasteiger charge is 2.16. The second-order valence-electron chi connectivity index (χ2n) is 5.55. The molecule has 3 aromatic rings. The van der Waals surface area contributed by atoms with E-state index in [-0.39, 0.29) is 18.3 Å². The molecule has 1 heterocycles. The predicted molar refractivity (Wildman–Crippen MR) is 98.1 cm³/mol.